The molecule has 3 unspecified atom stereocenters. The van der Waals surface area contributed by atoms with E-state index in [4.69, 9.17) is 18.9 Å². The van der Waals surface area contributed by atoms with Crippen molar-refractivity contribution < 1.29 is 33.3 Å². The Morgan fingerprint density at radius 1 is 0.743 bits per heavy atom. The lowest BCUT2D eigenvalue weighted by Crippen LogP contribution is -2.43. The van der Waals surface area contributed by atoms with Crippen molar-refractivity contribution in [2.24, 2.45) is 5.92 Å². The van der Waals surface area contributed by atoms with Crippen LogP contribution in [0, 0.1) is 5.92 Å². The van der Waals surface area contributed by atoms with Gasteiger partial charge in [-0.2, -0.15) is 0 Å². The van der Waals surface area contributed by atoms with Gasteiger partial charge in [-0.05, 0) is 43.3 Å². The van der Waals surface area contributed by atoms with Gasteiger partial charge in [0.1, 0.15) is 12.7 Å². The maximum atomic E-state index is 13.0. The van der Waals surface area contributed by atoms with Crippen LogP contribution in [0.1, 0.15) is 38.0 Å². The SMILES string of the molecule is C[C@@H]1OC2[C@H](COC(=O)c3ccccc3)C2(OC(=O)c2ccccc2)C1OC(=O)c1ccccc1. The second-order valence-corrected chi connectivity index (χ2v) is 8.63. The number of rotatable bonds is 7. The van der Waals surface area contributed by atoms with Crippen LogP contribution in [-0.4, -0.2) is 48.4 Å². The number of ether oxygens (including phenoxy) is 4. The Hall–Kier alpha value is -3.97. The summed E-state index contributed by atoms with van der Waals surface area (Å²) >= 11 is 0. The van der Waals surface area contributed by atoms with Crippen molar-refractivity contribution in [2.75, 3.05) is 6.61 Å². The molecule has 1 saturated carbocycles. The van der Waals surface area contributed by atoms with Crippen molar-refractivity contribution >= 4 is 17.9 Å². The fourth-order valence-electron chi connectivity index (χ4n) is 4.64. The molecule has 0 radical (unpaired) electrons. The third-order valence-corrected chi connectivity index (χ3v) is 6.44. The zero-order valence-corrected chi connectivity index (χ0v) is 19.0. The highest BCUT2D eigenvalue weighted by Gasteiger charge is 2.81. The standard InChI is InChI=1S/C28H24O7/c1-18-23(34-26(30)20-13-7-3-8-14-20)28(35-27(31)21-15-9-4-10-16-21)22(24(28)33-18)17-32-25(29)19-11-5-2-6-12-19/h2-16,18,22-24H,17H2,1H3/t18-,22-,23?,24?,28?/m0/s1. The number of hydrogen-bond acceptors (Lipinski definition) is 7. The van der Waals surface area contributed by atoms with E-state index in [1.54, 1.807) is 97.9 Å². The molecular weight excluding hydrogens is 448 g/mol. The maximum absolute atomic E-state index is 13.0. The van der Waals surface area contributed by atoms with Crippen LogP contribution in [0.3, 0.4) is 0 Å². The summed E-state index contributed by atoms with van der Waals surface area (Å²) in [6.45, 7) is 1.72. The Morgan fingerprint density at radius 2 is 1.23 bits per heavy atom. The monoisotopic (exact) mass is 472 g/mol. The summed E-state index contributed by atoms with van der Waals surface area (Å²) < 4.78 is 23.4. The van der Waals surface area contributed by atoms with Gasteiger partial charge in [-0.15, -0.1) is 0 Å². The van der Waals surface area contributed by atoms with Gasteiger partial charge in [-0.3, -0.25) is 0 Å². The molecule has 1 heterocycles. The van der Waals surface area contributed by atoms with E-state index in [0.717, 1.165) is 0 Å². The van der Waals surface area contributed by atoms with Crippen molar-refractivity contribution in [3.05, 3.63) is 108 Å². The fourth-order valence-corrected chi connectivity index (χ4v) is 4.64. The Morgan fingerprint density at radius 3 is 1.77 bits per heavy atom. The van der Waals surface area contributed by atoms with Gasteiger partial charge < -0.3 is 18.9 Å². The molecular formula is C28H24O7. The molecule has 2 fully saturated rings. The smallest absolute Gasteiger partial charge is 0.338 e. The van der Waals surface area contributed by atoms with Crippen LogP contribution < -0.4 is 0 Å². The Labute approximate surface area is 202 Å². The zero-order chi connectivity index (χ0) is 24.4. The van der Waals surface area contributed by atoms with E-state index < -0.39 is 47.7 Å². The number of carbonyl (C=O) groups is 3. The number of fused-ring (bicyclic) bond motifs is 1. The highest BCUT2D eigenvalue weighted by molar-refractivity contribution is 5.91. The van der Waals surface area contributed by atoms with Gasteiger partial charge in [0.05, 0.1) is 28.7 Å². The maximum Gasteiger partial charge on any atom is 0.338 e. The third kappa shape index (κ3) is 4.31. The third-order valence-electron chi connectivity index (χ3n) is 6.44. The lowest BCUT2D eigenvalue weighted by molar-refractivity contribution is -0.0714. The predicted octanol–water partition coefficient (Wildman–Crippen LogP) is 4.08. The fraction of sp³-hybridized carbons (Fsp3) is 0.250. The summed E-state index contributed by atoms with van der Waals surface area (Å²) in [5.74, 6) is -2.08. The molecule has 5 rings (SSSR count). The Balaban J connectivity index is 1.38. The molecule has 0 bridgehead atoms. The predicted molar refractivity (Wildman–Crippen MR) is 125 cm³/mol. The van der Waals surface area contributed by atoms with Crippen molar-refractivity contribution in [2.45, 2.75) is 30.8 Å². The number of hydrogen-bond donors (Lipinski definition) is 0. The minimum atomic E-state index is -1.26. The average Bonchev–Trinajstić information content (AvgIpc) is 3.40. The van der Waals surface area contributed by atoms with Gasteiger partial charge in [-0.1, -0.05) is 54.6 Å². The largest absolute Gasteiger partial charge is 0.462 e. The van der Waals surface area contributed by atoms with Gasteiger partial charge in [0.25, 0.3) is 0 Å². The molecule has 0 amide bonds. The molecule has 1 saturated heterocycles. The Bertz CT molecular complexity index is 1210. The van der Waals surface area contributed by atoms with Crippen LogP contribution in [0.5, 0.6) is 0 Å². The van der Waals surface area contributed by atoms with Crippen LogP contribution in [0.4, 0.5) is 0 Å². The van der Waals surface area contributed by atoms with Gasteiger partial charge in [0.15, 0.2) is 11.7 Å². The zero-order valence-electron chi connectivity index (χ0n) is 19.0. The van der Waals surface area contributed by atoms with E-state index in [1.165, 1.54) is 0 Å². The molecule has 7 heteroatoms. The first-order chi connectivity index (χ1) is 17.0. The molecule has 3 aromatic carbocycles. The first kappa shape index (κ1) is 22.8. The van der Waals surface area contributed by atoms with E-state index in [1.807, 2.05) is 0 Å². The first-order valence-corrected chi connectivity index (χ1v) is 11.4. The second kappa shape index (κ2) is 9.35. The second-order valence-electron chi connectivity index (χ2n) is 8.63. The minimum Gasteiger partial charge on any atom is -0.462 e. The first-order valence-electron chi connectivity index (χ1n) is 11.4. The molecule has 2 aliphatic rings. The van der Waals surface area contributed by atoms with Gasteiger partial charge in [0.2, 0.25) is 0 Å². The van der Waals surface area contributed by atoms with E-state index in [-0.39, 0.29) is 6.61 Å². The normalized spacial score (nSPS) is 26.3. The molecule has 0 spiro atoms. The summed E-state index contributed by atoms with van der Waals surface area (Å²) in [5, 5.41) is 0. The molecule has 0 aromatic heterocycles. The summed E-state index contributed by atoms with van der Waals surface area (Å²) in [6.07, 6.45) is -1.95. The van der Waals surface area contributed by atoms with Crippen molar-refractivity contribution in [3.63, 3.8) is 0 Å². The Kier molecular flexibility index (Phi) is 6.09. The lowest BCUT2D eigenvalue weighted by Gasteiger charge is -2.27. The van der Waals surface area contributed by atoms with Crippen LogP contribution in [0.2, 0.25) is 0 Å². The van der Waals surface area contributed by atoms with Crippen LogP contribution >= 0.6 is 0 Å². The number of esters is 3. The molecule has 3 aromatic rings. The average molecular weight is 472 g/mol. The summed E-state index contributed by atoms with van der Waals surface area (Å²) in [5.41, 5.74) is -0.107. The topological polar surface area (TPSA) is 88.1 Å². The van der Waals surface area contributed by atoms with E-state index in [0.29, 0.717) is 16.7 Å². The highest BCUT2D eigenvalue weighted by atomic mass is 16.7. The van der Waals surface area contributed by atoms with Gasteiger partial charge >= 0.3 is 17.9 Å². The van der Waals surface area contributed by atoms with Crippen molar-refractivity contribution in [3.8, 4) is 0 Å². The quantitative estimate of drug-likeness (QED) is 0.378. The molecule has 5 atom stereocenters. The van der Waals surface area contributed by atoms with Crippen molar-refractivity contribution in [1.29, 1.82) is 0 Å². The van der Waals surface area contributed by atoms with Crippen LogP contribution in [-0.2, 0) is 18.9 Å². The van der Waals surface area contributed by atoms with Gasteiger partial charge in [0, 0.05) is 0 Å². The molecule has 1 aliphatic carbocycles. The molecule has 178 valence electrons. The highest BCUT2D eigenvalue weighted by Crippen LogP contribution is 2.59. The summed E-state index contributed by atoms with van der Waals surface area (Å²) in [4.78, 5) is 38.4. The van der Waals surface area contributed by atoms with Gasteiger partial charge in [-0.25, -0.2) is 14.4 Å². The van der Waals surface area contributed by atoms with Crippen molar-refractivity contribution in [1.82, 2.24) is 0 Å². The van der Waals surface area contributed by atoms with E-state index >= 15 is 0 Å². The van der Waals surface area contributed by atoms with Crippen LogP contribution in [0.25, 0.3) is 0 Å². The van der Waals surface area contributed by atoms with Crippen LogP contribution in [0.15, 0.2) is 91.0 Å². The lowest BCUT2D eigenvalue weighted by atomic mass is 10.0. The summed E-state index contributed by atoms with van der Waals surface area (Å²) in [6, 6.07) is 25.7. The number of benzene rings is 3. The van der Waals surface area contributed by atoms with E-state index in [9.17, 15) is 14.4 Å². The molecule has 0 N–H and O–H groups in total. The minimum absolute atomic E-state index is 0.0490. The molecule has 1 aliphatic heterocycles. The molecule has 35 heavy (non-hydrogen) atoms. The summed E-state index contributed by atoms with van der Waals surface area (Å²) in [7, 11) is 0. The van der Waals surface area contributed by atoms with E-state index in [2.05, 4.69) is 0 Å². The molecule has 7 nitrogen and oxygen atoms in total. The number of carbonyl (C=O) groups excluding carboxylic acids is 3.